The second-order valence-electron chi connectivity index (χ2n) is 4.90. The van der Waals surface area contributed by atoms with E-state index in [1.165, 1.54) is 36.8 Å². The van der Waals surface area contributed by atoms with E-state index in [9.17, 15) is 0 Å². The van der Waals surface area contributed by atoms with Gasteiger partial charge in [-0.25, -0.2) is 0 Å². The highest BCUT2D eigenvalue weighted by Crippen LogP contribution is 2.22. The average Bonchev–Trinajstić information content (AvgIpc) is 2.40. The number of benzene rings is 1. The lowest BCUT2D eigenvalue weighted by Crippen LogP contribution is -2.30. The van der Waals surface area contributed by atoms with Crippen LogP contribution >= 0.6 is 0 Å². The topological polar surface area (TPSA) is 24.9 Å². The van der Waals surface area contributed by atoms with Crippen LogP contribution in [0.2, 0.25) is 0 Å². The number of piperidine rings is 1. The molecule has 1 aliphatic rings. The smallest absolute Gasteiger partial charge is 0.0704 e. The summed E-state index contributed by atoms with van der Waals surface area (Å²) >= 11 is 0. The van der Waals surface area contributed by atoms with E-state index in [1.807, 2.05) is 12.3 Å². The van der Waals surface area contributed by atoms with Gasteiger partial charge in [0.2, 0.25) is 0 Å². The lowest BCUT2D eigenvalue weighted by Gasteiger charge is -2.23. The van der Waals surface area contributed by atoms with Crippen molar-refractivity contribution in [2.24, 2.45) is 5.92 Å². The monoisotopic (exact) mass is 226 g/mol. The van der Waals surface area contributed by atoms with Gasteiger partial charge in [-0.2, -0.15) is 0 Å². The molecule has 1 aliphatic heterocycles. The van der Waals surface area contributed by atoms with Crippen LogP contribution in [0.5, 0.6) is 0 Å². The van der Waals surface area contributed by atoms with Crippen molar-refractivity contribution in [3.05, 3.63) is 42.1 Å². The Hall–Kier alpha value is -1.41. The van der Waals surface area contributed by atoms with Crippen LogP contribution in [0, 0.1) is 5.92 Å². The maximum atomic E-state index is 4.42. The van der Waals surface area contributed by atoms with Crippen LogP contribution < -0.4 is 5.32 Å². The van der Waals surface area contributed by atoms with E-state index in [-0.39, 0.29) is 0 Å². The van der Waals surface area contributed by atoms with Crippen molar-refractivity contribution in [3.8, 4) is 0 Å². The fourth-order valence-electron chi connectivity index (χ4n) is 2.75. The molecule has 1 aromatic carbocycles. The molecule has 2 heterocycles. The average molecular weight is 226 g/mol. The standard InChI is InChI=1S/C15H18N2/c1-5-13(10-12-4-2-8-16-11-12)14-6-3-9-17-15(14)7-1/h1,3,5-7,9,12,16H,2,4,8,10-11H2. The largest absolute Gasteiger partial charge is 0.316 e. The van der Waals surface area contributed by atoms with Crippen LogP contribution in [0.4, 0.5) is 0 Å². The molecule has 1 fully saturated rings. The van der Waals surface area contributed by atoms with Gasteiger partial charge in [0.15, 0.2) is 0 Å². The Bertz CT molecular complexity index is 496. The summed E-state index contributed by atoms with van der Waals surface area (Å²) in [5.74, 6) is 0.787. The second-order valence-corrected chi connectivity index (χ2v) is 4.90. The van der Waals surface area contributed by atoms with E-state index < -0.39 is 0 Å². The SMILES string of the molecule is c1cc(CC2CCCNC2)c2cccnc2c1. The third-order valence-electron chi connectivity index (χ3n) is 3.64. The highest BCUT2D eigenvalue weighted by Gasteiger charge is 2.14. The van der Waals surface area contributed by atoms with E-state index in [2.05, 4.69) is 34.6 Å². The minimum Gasteiger partial charge on any atom is -0.316 e. The predicted octanol–water partition coefficient (Wildman–Crippen LogP) is 2.78. The molecule has 0 saturated carbocycles. The van der Waals surface area contributed by atoms with Crippen LogP contribution in [-0.4, -0.2) is 18.1 Å². The zero-order valence-electron chi connectivity index (χ0n) is 10.0. The Morgan fingerprint density at radius 3 is 3.12 bits per heavy atom. The van der Waals surface area contributed by atoms with E-state index in [0.717, 1.165) is 18.0 Å². The van der Waals surface area contributed by atoms with E-state index in [1.54, 1.807) is 0 Å². The first-order chi connectivity index (χ1) is 8.43. The summed E-state index contributed by atoms with van der Waals surface area (Å²) in [6, 6.07) is 10.7. The van der Waals surface area contributed by atoms with Crippen LogP contribution in [0.1, 0.15) is 18.4 Å². The highest BCUT2D eigenvalue weighted by atomic mass is 14.9. The van der Waals surface area contributed by atoms with Crippen LogP contribution in [-0.2, 0) is 6.42 Å². The van der Waals surface area contributed by atoms with Gasteiger partial charge < -0.3 is 5.32 Å². The minimum absolute atomic E-state index is 0.787. The number of nitrogens with zero attached hydrogens (tertiary/aromatic N) is 1. The van der Waals surface area contributed by atoms with Crippen molar-refractivity contribution in [1.29, 1.82) is 0 Å². The first kappa shape index (κ1) is 10.7. The summed E-state index contributed by atoms with van der Waals surface area (Å²) in [6.07, 6.45) is 5.71. The van der Waals surface area contributed by atoms with Crippen LogP contribution in [0.25, 0.3) is 10.9 Å². The Morgan fingerprint density at radius 1 is 1.24 bits per heavy atom. The van der Waals surface area contributed by atoms with Gasteiger partial charge in [-0.1, -0.05) is 18.2 Å². The third-order valence-corrected chi connectivity index (χ3v) is 3.64. The molecule has 0 aliphatic carbocycles. The molecule has 1 N–H and O–H groups in total. The molecule has 1 atom stereocenters. The van der Waals surface area contributed by atoms with E-state index >= 15 is 0 Å². The van der Waals surface area contributed by atoms with Gasteiger partial charge in [-0.15, -0.1) is 0 Å². The number of aromatic nitrogens is 1. The molecule has 2 aromatic rings. The van der Waals surface area contributed by atoms with Crippen molar-refractivity contribution in [2.75, 3.05) is 13.1 Å². The van der Waals surface area contributed by atoms with Crippen molar-refractivity contribution < 1.29 is 0 Å². The van der Waals surface area contributed by atoms with Crippen LogP contribution in [0.3, 0.4) is 0 Å². The van der Waals surface area contributed by atoms with Gasteiger partial charge in [-0.3, -0.25) is 4.98 Å². The predicted molar refractivity (Wildman–Crippen MR) is 71.0 cm³/mol. The molecule has 1 saturated heterocycles. The van der Waals surface area contributed by atoms with Gasteiger partial charge in [0.05, 0.1) is 5.52 Å². The quantitative estimate of drug-likeness (QED) is 0.851. The molecule has 0 radical (unpaired) electrons. The van der Waals surface area contributed by atoms with Gasteiger partial charge in [0.1, 0.15) is 0 Å². The normalized spacial score (nSPS) is 20.6. The van der Waals surface area contributed by atoms with Crippen molar-refractivity contribution >= 4 is 10.9 Å². The Morgan fingerprint density at radius 2 is 2.24 bits per heavy atom. The van der Waals surface area contributed by atoms with Crippen LogP contribution in [0.15, 0.2) is 36.5 Å². The van der Waals surface area contributed by atoms with Gasteiger partial charge in [0, 0.05) is 11.6 Å². The molecular weight excluding hydrogens is 208 g/mol. The lowest BCUT2D eigenvalue weighted by atomic mass is 9.91. The van der Waals surface area contributed by atoms with Crippen molar-refractivity contribution in [1.82, 2.24) is 10.3 Å². The third kappa shape index (κ3) is 2.32. The fourth-order valence-corrected chi connectivity index (χ4v) is 2.75. The molecule has 3 rings (SSSR count). The van der Waals surface area contributed by atoms with E-state index in [0.29, 0.717) is 0 Å². The number of hydrogen-bond donors (Lipinski definition) is 1. The summed E-state index contributed by atoms with van der Waals surface area (Å²) in [7, 11) is 0. The summed E-state index contributed by atoms with van der Waals surface area (Å²) < 4.78 is 0. The summed E-state index contributed by atoms with van der Waals surface area (Å²) in [5, 5.41) is 4.81. The first-order valence-corrected chi connectivity index (χ1v) is 6.47. The number of hydrogen-bond acceptors (Lipinski definition) is 2. The molecule has 1 aromatic heterocycles. The molecule has 2 nitrogen and oxygen atoms in total. The molecule has 88 valence electrons. The maximum absolute atomic E-state index is 4.42. The summed E-state index contributed by atoms with van der Waals surface area (Å²) in [5.41, 5.74) is 2.57. The number of rotatable bonds is 2. The second kappa shape index (κ2) is 4.84. The van der Waals surface area contributed by atoms with Crippen molar-refractivity contribution in [2.45, 2.75) is 19.3 Å². The Kier molecular flexibility index (Phi) is 3.06. The number of fused-ring (bicyclic) bond motifs is 1. The maximum Gasteiger partial charge on any atom is 0.0704 e. The summed E-state index contributed by atoms with van der Waals surface area (Å²) in [4.78, 5) is 4.42. The Balaban J connectivity index is 1.89. The number of nitrogens with one attached hydrogen (secondary N) is 1. The number of pyridine rings is 1. The van der Waals surface area contributed by atoms with Crippen molar-refractivity contribution in [3.63, 3.8) is 0 Å². The molecule has 17 heavy (non-hydrogen) atoms. The minimum atomic E-state index is 0.787. The zero-order valence-corrected chi connectivity index (χ0v) is 10.0. The molecule has 0 bridgehead atoms. The zero-order chi connectivity index (χ0) is 11.5. The molecule has 0 spiro atoms. The molecule has 2 heteroatoms. The van der Waals surface area contributed by atoms with Gasteiger partial charge in [0.25, 0.3) is 0 Å². The van der Waals surface area contributed by atoms with Gasteiger partial charge in [-0.05, 0) is 56.0 Å². The fraction of sp³-hybridized carbons (Fsp3) is 0.400. The van der Waals surface area contributed by atoms with Gasteiger partial charge >= 0.3 is 0 Å². The highest BCUT2D eigenvalue weighted by molar-refractivity contribution is 5.81. The first-order valence-electron chi connectivity index (χ1n) is 6.47. The molecule has 1 unspecified atom stereocenters. The molecular formula is C15H18N2. The van der Waals surface area contributed by atoms with E-state index in [4.69, 9.17) is 0 Å². The molecule has 0 amide bonds. The summed E-state index contributed by atoms with van der Waals surface area (Å²) in [6.45, 7) is 2.35. The lowest BCUT2D eigenvalue weighted by molar-refractivity contribution is 0.377. The Labute approximate surface area is 102 Å².